The highest BCUT2D eigenvalue weighted by atomic mass is 32.1. The predicted octanol–water partition coefficient (Wildman–Crippen LogP) is 6.19. The van der Waals surface area contributed by atoms with Gasteiger partial charge in [0.15, 0.2) is 5.11 Å². The summed E-state index contributed by atoms with van der Waals surface area (Å²) in [6, 6.07) is 21.2. The van der Waals surface area contributed by atoms with E-state index in [0.717, 1.165) is 28.2 Å². The average Bonchev–Trinajstić information content (AvgIpc) is 3.21. The Balaban J connectivity index is 1.41. The third-order valence-electron chi connectivity index (χ3n) is 4.75. The molecule has 0 saturated carbocycles. The van der Waals surface area contributed by atoms with Crippen LogP contribution in [-0.4, -0.2) is 22.6 Å². The van der Waals surface area contributed by atoms with E-state index in [1.807, 2.05) is 43.3 Å². The van der Waals surface area contributed by atoms with Crippen LogP contribution in [0.3, 0.4) is 0 Å². The summed E-state index contributed by atoms with van der Waals surface area (Å²) in [5, 5.41) is 6.98. The Hall–Kier alpha value is -3.29. The molecule has 7 heteroatoms. The average molecular weight is 462 g/mol. The largest absolute Gasteiger partial charge is 0.493 e. The van der Waals surface area contributed by atoms with Crippen molar-refractivity contribution >= 4 is 50.5 Å². The van der Waals surface area contributed by atoms with Gasteiger partial charge in [-0.05, 0) is 79.7 Å². The van der Waals surface area contributed by atoms with Gasteiger partial charge < -0.3 is 10.1 Å². The molecule has 1 heterocycles. The highest BCUT2D eigenvalue weighted by Gasteiger charge is 2.14. The molecule has 0 aliphatic carbocycles. The number of carbonyl (C=O) groups excluding carboxylic acids is 1. The van der Waals surface area contributed by atoms with Crippen LogP contribution in [0.2, 0.25) is 0 Å². The van der Waals surface area contributed by atoms with Gasteiger partial charge in [-0.3, -0.25) is 10.1 Å². The van der Waals surface area contributed by atoms with Crippen LogP contribution in [0.1, 0.15) is 29.3 Å². The first-order valence-corrected chi connectivity index (χ1v) is 11.6. The maximum atomic E-state index is 12.7. The van der Waals surface area contributed by atoms with Crippen molar-refractivity contribution in [1.82, 2.24) is 10.3 Å². The van der Waals surface area contributed by atoms with Crippen molar-refractivity contribution in [2.45, 2.75) is 20.3 Å². The molecule has 1 aromatic heterocycles. The van der Waals surface area contributed by atoms with Crippen molar-refractivity contribution in [2.75, 3.05) is 11.9 Å². The molecule has 0 saturated heterocycles. The van der Waals surface area contributed by atoms with Crippen molar-refractivity contribution < 1.29 is 9.53 Å². The summed E-state index contributed by atoms with van der Waals surface area (Å²) in [4.78, 5) is 17.4. The summed E-state index contributed by atoms with van der Waals surface area (Å²) < 4.78 is 6.84. The summed E-state index contributed by atoms with van der Waals surface area (Å²) in [5.74, 6) is 0.237. The first-order valence-electron chi connectivity index (χ1n) is 10.4. The van der Waals surface area contributed by atoms with Crippen LogP contribution in [0.15, 0.2) is 66.7 Å². The lowest BCUT2D eigenvalue weighted by Crippen LogP contribution is -2.34. The Labute approximate surface area is 196 Å². The predicted molar refractivity (Wildman–Crippen MR) is 136 cm³/mol. The lowest BCUT2D eigenvalue weighted by atomic mass is 10.2. The highest BCUT2D eigenvalue weighted by Crippen LogP contribution is 2.31. The summed E-state index contributed by atoms with van der Waals surface area (Å²) in [6.45, 7) is 4.65. The molecule has 162 valence electrons. The molecule has 0 spiro atoms. The molecule has 2 N–H and O–H groups in total. The Morgan fingerprint density at radius 1 is 1.09 bits per heavy atom. The molecule has 4 aromatic rings. The Kier molecular flexibility index (Phi) is 6.78. The maximum Gasteiger partial charge on any atom is 0.261 e. The van der Waals surface area contributed by atoms with Crippen LogP contribution in [0.4, 0.5) is 5.69 Å². The molecule has 4 rings (SSSR count). The number of thiocarbonyl (C=S) groups is 1. The van der Waals surface area contributed by atoms with Crippen LogP contribution in [-0.2, 0) is 0 Å². The second-order valence-electron chi connectivity index (χ2n) is 7.32. The molecule has 0 aliphatic heterocycles. The Morgan fingerprint density at radius 3 is 2.66 bits per heavy atom. The van der Waals surface area contributed by atoms with E-state index in [1.165, 1.54) is 10.3 Å². The standard InChI is InChI=1S/C25H23N3O2S2/c1-3-14-30-21-7-5-4-6-19(21)23(29)28-25(31)26-18-11-9-17(10-12-18)24-27-20-13-8-16(2)15-22(20)32-24/h4-13,15H,3,14H2,1-2H3,(H2,26,28,29,31). The molecular weight excluding hydrogens is 438 g/mol. The van der Waals surface area contributed by atoms with Crippen molar-refractivity contribution in [3.05, 3.63) is 77.9 Å². The van der Waals surface area contributed by atoms with E-state index >= 15 is 0 Å². The topological polar surface area (TPSA) is 63.2 Å². The normalized spacial score (nSPS) is 10.7. The molecule has 3 aromatic carbocycles. The number of carbonyl (C=O) groups is 1. The Bertz CT molecular complexity index is 1270. The number of amides is 1. The van der Waals surface area contributed by atoms with Crippen molar-refractivity contribution in [1.29, 1.82) is 0 Å². The van der Waals surface area contributed by atoms with Gasteiger partial charge in [0.2, 0.25) is 0 Å². The molecular formula is C25H23N3O2S2. The van der Waals surface area contributed by atoms with Crippen LogP contribution in [0, 0.1) is 6.92 Å². The van der Waals surface area contributed by atoms with E-state index in [0.29, 0.717) is 17.9 Å². The van der Waals surface area contributed by atoms with Gasteiger partial charge in [-0.1, -0.05) is 25.1 Å². The fourth-order valence-electron chi connectivity index (χ4n) is 3.18. The van der Waals surface area contributed by atoms with Crippen molar-refractivity contribution in [3.63, 3.8) is 0 Å². The van der Waals surface area contributed by atoms with Gasteiger partial charge in [0.05, 0.1) is 22.4 Å². The molecule has 0 fully saturated rings. The highest BCUT2D eigenvalue weighted by molar-refractivity contribution is 7.80. The third-order valence-corrected chi connectivity index (χ3v) is 6.03. The second kappa shape index (κ2) is 9.89. The number of anilines is 1. The zero-order valence-electron chi connectivity index (χ0n) is 17.8. The minimum atomic E-state index is -0.310. The van der Waals surface area contributed by atoms with E-state index in [1.54, 1.807) is 29.5 Å². The Morgan fingerprint density at radius 2 is 1.88 bits per heavy atom. The molecule has 5 nitrogen and oxygen atoms in total. The fraction of sp³-hybridized carbons (Fsp3) is 0.160. The van der Waals surface area contributed by atoms with Gasteiger partial charge in [-0.25, -0.2) is 4.98 Å². The lowest BCUT2D eigenvalue weighted by molar-refractivity contribution is 0.0973. The number of aromatic nitrogens is 1. The quantitative estimate of drug-likeness (QED) is 0.335. The number of rotatable bonds is 6. The van der Waals surface area contributed by atoms with Crippen LogP contribution >= 0.6 is 23.6 Å². The van der Waals surface area contributed by atoms with Crippen molar-refractivity contribution in [3.8, 4) is 16.3 Å². The van der Waals surface area contributed by atoms with Gasteiger partial charge in [0.1, 0.15) is 10.8 Å². The third kappa shape index (κ3) is 5.12. The number of nitrogens with one attached hydrogen (secondary N) is 2. The zero-order chi connectivity index (χ0) is 22.5. The minimum absolute atomic E-state index is 0.225. The molecule has 0 radical (unpaired) electrons. The first kappa shape index (κ1) is 21.9. The SMILES string of the molecule is CCCOc1ccccc1C(=O)NC(=S)Nc1ccc(-c2nc3ccc(C)cc3s2)cc1. The summed E-state index contributed by atoms with van der Waals surface area (Å²) in [7, 11) is 0. The number of ether oxygens (including phenoxy) is 1. The van der Waals surface area contributed by atoms with E-state index < -0.39 is 0 Å². The molecule has 0 bridgehead atoms. The smallest absolute Gasteiger partial charge is 0.261 e. The summed E-state index contributed by atoms with van der Waals surface area (Å²) >= 11 is 7.00. The van der Waals surface area contributed by atoms with E-state index in [-0.39, 0.29) is 11.0 Å². The van der Waals surface area contributed by atoms with E-state index in [9.17, 15) is 4.79 Å². The number of hydrogen-bond acceptors (Lipinski definition) is 5. The van der Waals surface area contributed by atoms with E-state index in [4.69, 9.17) is 21.9 Å². The second-order valence-corrected chi connectivity index (χ2v) is 8.76. The summed E-state index contributed by atoms with van der Waals surface area (Å²) in [5.41, 5.74) is 4.50. The van der Waals surface area contributed by atoms with Gasteiger partial charge in [0, 0.05) is 11.3 Å². The van der Waals surface area contributed by atoms with Gasteiger partial charge >= 0.3 is 0 Å². The number of hydrogen-bond donors (Lipinski definition) is 2. The summed E-state index contributed by atoms with van der Waals surface area (Å²) in [6.07, 6.45) is 0.864. The number of thiazole rings is 1. The molecule has 0 atom stereocenters. The first-order chi connectivity index (χ1) is 15.5. The molecule has 1 amide bonds. The van der Waals surface area contributed by atoms with Gasteiger partial charge in [0.25, 0.3) is 5.91 Å². The maximum absolute atomic E-state index is 12.7. The fourth-order valence-corrected chi connectivity index (χ4v) is 4.46. The van der Waals surface area contributed by atoms with Gasteiger partial charge in [-0.2, -0.15) is 0 Å². The van der Waals surface area contributed by atoms with E-state index in [2.05, 4.69) is 29.7 Å². The lowest BCUT2D eigenvalue weighted by Gasteiger charge is -2.13. The van der Waals surface area contributed by atoms with Crippen LogP contribution in [0.25, 0.3) is 20.8 Å². The molecule has 0 unspecified atom stereocenters. The monoisotopic (exact) mass is 461 g/mol. The number of nitrogens with zero attached hydrogens (tertiary/aromatic N) is 1. The van der Waals surface area contributed by atoms with Crippen molar-refractivity contribution in [2.24, 2.45) is 0 Å². The zero-order valence-corrected chi connectivity index (χ0v) is 19.5. The van der Waals surface area contributed by atoms with Gasteiger partial charge in [-0.15, -0.1) is 11.3 Å². The molecule has 32 heavy (non-hydrogen) atoms. The minimum Gasteiger partial charge on any atom is -0.493 e. The van der Waals surface area contributed by atoms with Crippen LogP contribution in [0.5, 0.6) is 5.75 Å². The number of aryl methyl sites for hydroxylation is 1. The number of benzene rings is 3. The number of fused-ring (bicyclic) bond motifs is 1. The number of para-hydroxylation sites is 1. The molecule has 0 aliphatic rings. The van der Waals surface area contributed by atoms with Crippen LogP contribution < -0.4 is 15.4 Å².